The van der Waals surface area contributed by atoms with Gasteiger partial charge in [-0.3, -0.25) is 9.59 Å². The summed E-state index contributed by atoms with van der Waals surface area (Å²) in [5.74, 6) is -1.13. The molecule has 0 fully saturated rings. The second-order valence-electron chi connectivity index (χ2n) is 10.9. The number of benzene rings is 6. The number of carbonyl (C=O) groups excluding carboxylic acids is 2. The summed E-state index contributed by atoms with van der Waals surface area (Å²) < 4.78 is 32.0. The Morgan fingerprint density at radius 1 is 0.574 bits per heavy atom. The number of hydrogen-bond acceptors (Lipinski definition) is 13. The van der Waals surface area contributed by atoms with Crippen LogP contribution in [-0.4, -0.2) is 35.9 Å². The van der Waals surface area contributed by atoms with Crippen molar-refractivity contribution in [1.29, 1.82) is 0 Å². The molecule has 0 aliphatic rings. The van der Waals surface area contributed by atoms with Crippen molar-refractivity contribution in [2.24, 2.45) is 20.5 Å². The van der Waals surface area contributed by atoms with Crippen molar-refractivity contribution in [3.8, 4) is 5.75 Å². The molecule has 6 aromatic carbocycles. The Labute approximate surface area is 333 Å². The predicted molar refractivity (Wildman–Crippen MR) is 196 cm³/mol. The molecule has 0 saturated heterocycles. The minimum atomic E-state index is -2.46. The van der Waals surface area contributed by atoms with Gasteiger partial charge in [-0.05, 0) is 115 Å². The molecule has 6 rings (SSSR count). The first-order valence-corrected chi connectivity index (χ1v) is 17.5. The Morgan fingerprint density at radius 3 is 1.65 bits per heavy atom. The fourth-order valence-corrected chi connectivity index (χ4v) is 5.91. The van der Waals surface area contributed by atoms with E-state index in [2.05, 4.69) is 39.8 Å². The van der Waals surface area contributed by atoms with Crippen LogP contribution in [0, 0.1) is 0 Å². The number of amides is 2. The molecular formula is C36H26N6NaO9S2+. The maximum Gasteiger partial charge on any atom is 1.00 e. The molecule has 2 amide bonds. The zero-order chi connectivity index (χ0) is 37.3. The van der Waals surface area contributed by atoms with E-state index < -0.39 is 33.8 Å². The monoisotopic (exact) mass is 773 g/mol. The van der Waals surface area contributed by atoms with Gasteiger partial charge in [-0.25, -0.2) is 18.9 Å². The van der Waals surface area contributed by atoms with Crippen molar-refractivity contribution in [1.82, 2.24) is 0 Å². The number of aromatic hydroxyl groups is 1. The molecule has 0 spiro atoms. The molecule has 5 N–H and O–H groups in total. The Morgan fingerprint density at radius 2 is 1.07 bits per heavy atom. The van der Waals surface area contributed by atoms with Gasteiger partial charge in [0.25, 0.3) is 11.8 Å². The molecular weight excluding hydrogens is 748 g/mol. The van der Waals surface area contributed by atoms with Crippen molar-refractivity contribution < 1.29 is 71.9 Å². The van der Waals surface area contributed by atoms with Gasteiger partial charge >= 0.3 is 29.6 Å². The quantitative estimate of drug-likeness (QED) is 0.0431. The topological polar surface area (TPSA) is 221 Å². The maximum absolute atomic E-state index is 13.0. The van der Waals surface area contributed by atoms with E-state index in [0.717, 1.165) is 0 Å². The van der Waals surface area contributed by atoms with E-state index in [4.69, 9.17) is 5.26 Å². The number of phenolic OH excluding ortho intramolecular Hbond substituents is 1. The van der Waals surface area contributed by atoms with Crippen LogP contribution < -0.4 is 40.2 Å². The minimum Gasteiger partial charge on any atom is -0.505 e. The van der Waals surface area contributed by atoms with E-state index in [0.29, 0.717) is 45.0 Å². The van der Waals surface area contributed by atoms with Crippen molar-refractivity contribution in [2.45, 2.75) is 9.79 Å². The van der Waals surface area contributed by atoms with Crippen LogP contribution in [0.1, 0.15) is 20.7 Å². The summed E-state index contributed by atoms with van der Waals surface area (Å²) >= 11 is -4.46. The van der Waals surface area contributed by atoms with E-state index in [1.807, 2.05) is 6.07 Å². The average molecular weight is 774 g/mol. The zero-order valence-corrected chi connectivity index (χ0v) is 31.7. The predicted octanol–water partition coefficient (Wildman–Crippen LogP) is 5.91. The molecule has 0 aromatic heterocycles. The van der Waals surface area contributed by atoms with Gasteiger partial charge in [-0.2, -0.15) is 15.3 Å². The van der Waals surface area contributed by atoms with E-state index in [1.165, 1.54) is 30.3 Å². The number of nitrogens with one attached hydrogen (secondary N) is 2. The number of carbonyl (C=O) groups is 2. The normalized spacial score (nSPS) is 12.3. The molecule has 6 aromatic rings. The Kier molecular flexibility index (Phi) is 13.7. The molecule has 0 saturated carbocycles. The summed E-state index contributed by atoms with van der Waals surface area (Å²) in [6.07, 6.45) is 0. The second-order valence-corrected chi connectivity index (χ2v) is 13.0. The third kappa shape index (κ3) is 9.79. The fourth-order valence-electron chi connectivity index (χ4n) is 4.87. The van der Waals surface area contributed by atoms with Crippen LogP contribution in [0.25, 0.3) is 10.8 Å². The summed E-state index contributed by atoms with van der Waals surface area (Å²) in [5.41, 5.74) is 2.70. The van der Waals surface area contributed by atoms with E-state index in [1.54, 1.807) is 91.0 Å². The Balaban J connectivity index is 0.00000561. The second kappa shape index (κ2) is 18.6. The number of nitrogens with zero attached hydrogens (tertiary/aromatic N) is 4. The Bertz CT molecular complexity index is 2400. The third-order valence-corrected chi connectivity index (χ3v) is 9.09. The van der Waals surface area contributed by atoms with Crippen molar-refractivity contribution in [3.63, 3.8) is 0 Å². The smallest absolute Gasteiger partial charge is 0.505 e. The number of phenols is 1. The van der Waals surface area contributed by atoms with Crippen molar-refractivity contribution in [3.05, 3.63) is 139 Å². The van der Waals surface area contributed by atoms with Crippen LogP contribution in [0.2, 0.25) is 0 Å². The molecule has 0 bridgehead atoms. The molecule has 266 valence electrons. The largest absolute Gasteiger partial charge is 1.00 e. The van der Waals surface area contributed by atoms with Gasteiger partial charge in [0, 0.05) is 27.9 Å². The standard InChI is InChI=1S/C36H26N6O9S2.Na/c43-34-31-19-16-29(38-36(45)23-6-8-25(9-7-23)37-35(44)22-4-2-1-3-5-22)20-24(31)21-32(53(49)51-47)33(34)42-41-27-12-10-26(11-13-27)39-40-28-14-17-30(18-15-28)52(48)50-46;/h1-21,43,46-47H,(H,37,44)(H,38,45);/q;+1. The van der Waals surface area contributed by atoms with Crippen LogP contribution in [0.5, 0.6) is 5.75 Å². The average Bonchev–Trinajstić information content (AvgIpc) is 3.20. The summed E-state index contributed by atoms with van der Waals surface area (Å²) in [7, 11) is 0. The number of rotatable bonds is 12. The van der Waals surface area contributed by atoms with Crippen LogP contribution in [0.3, 0.4) is 0 Å². The molecule has 0 heterocycles. The van der Waals surface area contributed by atoms with Crippen molar-refractivity contribution >= 4 is 78.9 Å². The van der Waals surface area contributed by atoms with E-state index in [-0.39, 0.29) is 56.3 Å². The number of anilines is 2. The summed E-state index contributed by atoms with van der Waals surface area (Å²) in [4.78, 5) is 25.5. The maximum atomic E-state index is 13.0. The minimum absolute atomic E-state index is 0. The van der Waals surface area contributed by atoms with Gasteiger partial charge in [0.1, 0.15) is 10.6 Å². The van der Waals surface area contributed by atoms with Gasteiger partial charge in [0.15, 0.2) is 5.75 Å². The Hall–Kier alpha value is -5.34. The molecule has 15 nitrogen and oxygen atoms in total. The molecule has 54 heavy (non-hydrogen) atoms. The summed E-state index contributed by atoms with van der Waals surface area (Å²) in [5, 5.41) is 51.5. The van der Waals surface area contributed by atoms with Gasteiger partial charge in [0.05, 0.1) is 22.0 Å². The summed E-state index contributed by atoms with van der Waals surface area (Å²) in [6.45, 7) is 0. The van der Waals surface area contributed by atoms with Crippen molar-refractivity contribution in [2.75, 3.05) is 10.6 Å². The SMILES string of the molecule is O=C(Nc1ccc(C(=O)Nc2ccc3c(O)c(N=Nc4ccc(N=Nc5ccc(S(=O)OO)cc5)cc4)c(S(=O)OO)cc3c2)cc1)c1ccccc1.[Na+]. The third-order valence-electron chi connectivity index (χ3n) is 7.49. The molecule has 0 aliphatic heterocycles. The first-order chi connectivity index (χ1) is 25.7. The first-order valence-electron chi connectivity index (χ1n) is 15.3. The first kappa shape index (κ1) is 39.9. The number of azo groups is 2. The number of hydrogen-bond donors (Lipinski definition) is 5. The molecule has 2 atom stereocenters. The van der Waals surface area contributed by atoms with E-state index in [9.17, 15) is 28.4 Å². The van der Waals surface area contributed by atoms with Crippen LogP contribution in [-0.2, 0) is 30.8 Å². The molecule has 2 unspecified atom stereocenters. The van der Waals surface area contributed by atoms with Gasteiger partial charge in [-0.1, -0.05) is 18.2 Å². The van der Waals surface area contributed by atoms with Gasteiger partial charge in [-0.15, -0.1) is 13.8 Å². The van der Waals surface area contributed by atoms with Gasteiger partial charge in [0.2, 0.25) is 22.2 Å². The van der Waals surface area contributed by atoms with Crippen LogP contribution in [0.4, 0.5) is 34.1 Å². The summed E-state index contributed by atoms with van der Waals surface area (Å²) in [6, 6.07) is 33.4. The zero-order valence-electron chi connectivity index (χ0n) is 28.0. The molecule has 0 radical (unpaired) electrons. The molecule has 0 aliphatic carbocycles. The van der Waals surface area contributed by atoms with Crippen LogP contribution >= 0.6 is 0 Å². The van der Waals surface area contributed by atoms with Gasteiger partial charge < -0.3 is 15.7 Å². The number of fused-ring (bicyclic) bond motifs is 1. The molecule has 18 heteroatoms. The van der Waals surface area contributed by atoms with E-state index >= 15 is 0 Å². The van der Waals surface area contributed by atoms with Crippen LogP contribution in [0.15, 0.2) is 158 Å². The fraction of sp³-hybridized carbons (Fsp3) is 0.